The minimum absolute atomic E-state index is 0.0274. The highest BCUT2D eigenvalue weighted by Gasteiger charge is 2.31. The topological polar surface area (TPSA) is 74.9 Å². The lowest BCUT2D eigenvalue weighted by molar-refractivity contribution is 0.0600. The molecule has 2 aliphatic heterocycles. The van der Waals surface area contributed by atoms with Crippen LogP contribution in [0.2, 0.25) is 0 Å². The second-order valence-electron chi connectivity index (χ2n) is 5.75. The summed E-state index contributed by atoms with van der Waals surface area (Å²) in [4.78, 5) is 31.1. The molecule has 0 radical (unpaired) electrons. The van der Waals surface area contributed by atoms with Crippen LogP contribution in [0.4, 0.5) is 11.5 Å². The Hall–Kier alpha value is -2.96. The first-order valence-corrected chi connectivity index (χ1v) is 7.79. The quantitative estimate of drug-likeness (QED) is 0.874. The highest BCUT2D eigenvalue weighted by Crippen LogP contribution is 2.40. The van der Waals surface area contributed by atoms with Crippen molar-refractivity contribution in [2.45, 2.75) is 6.42 Å². The number of benzene rings is 1. The number of nitrogens with zero attached hydrogens (tertiary/aromatic N) is 2. The van der Waals surface area contributed by atoms with Crippen molar-refractivity contribution in [3.63, 3.8) is 0 Å². The van der Waals surface area contributed by atoms with Gasteiger partial charge in [-0.15, -0.1) is 0 Å². The molecule has 1 aromatic carbocycles. The molecule has 1 aromatic heterocycles. The number of fused-ring (bicyclic) bond motifs is 1. The van der Waals surface area contributed by atoms with Crippen LogP contribution in [0.5, 0.6) is 5.75 Å². The fourth-order valence-corrected chi connectivity index (χ4v) is 2.92. The van der Waals surface area contributed by atoms with Crippen LogP contribution < -0.4 is 9.64 Å². The average molecular weight is 327 g/mol. The maximum atomic E-state index is 12.3. The number of esters is 1. The lowest BCUT2D eigenvalue weighted by atomic mass is 10.1. The van der Waals surface area contributed by atoms with Crippen LogP contribution in [0.25, 0.3) is 0 Å². The van der Waals surface area contributed by atoms with Gasteiger partial charge in [0.25, 0.3) is 5.91 Å². The van der Waals surface area contributed by atoms with Crippen LogP contribution in [0.1, 0.15) is 27.3 Å². The van der Waals surface area contributed by atoms with E-state index in [0.717, 1.165) is 19.5 Å². The Kier molecular flexibility index (Phi) is 3.41. The first-order chi connectivity index (χ1) is 11.7. The number of aromatic nitrogens is 1. The third kappa shape index (κ3) is 2.20. The Bertz CT molecular complexity index is 810. The fraction of sp³-hybridized carbons (Fsp3) is 0.294. The van der Waals surface area contributed by atoms with E-state index in [0.29, 0.717) is 28.5 Å². The van der Waals surface area contributed by atoms with Gasteiger partial charge in [0.2, 0.25) is 0 Å². The van der Waals surface area contributed by atoms with Crippen LogP contribution >= 0.6 is 0 Å². The molecule has 1 N–H and O–H groups in total. The molecule has 0 atom stereocenters. The lowest BCUT2D eigenvalue weighted by Crippen LogP contribution is -2.42. The molecule has 124 valence electrons. The number of H-pyrrole nitrogens is 1. The van der Waals surface area contributed by atoms with Gasteiger partial charge in [0, 0.05) is 19.2 Å². The minimum atomic E-state index is -0.414. The van der Waals surface area contributed by atoms with E-state index in [1.165, 1.54) is 7.11 Å². The van der Waals surface area contributed by atoms with E-state index >= 15 is 0 Å². The van der Waals surface area contributed by atoms with E-state index in [-0.39, 0.29) is 12.6 Å². The Balaban J connectivity index is 1.68. The molecule has 7 heteroatoms. The van der Waals surface area contributed by atoms with Crippen molar-refractivity contribution in [1.82, 2.24) is 9.88 Å². The summed E-state index contributed by atoms with van der Waals surface area (Å²) in [5.74, 6) is 0.844. The summed E-state index contributed by atoms with van der Waals surface area (Å²) in [6.45, 7) is 1.85. The number of para-hydroxylation sites is 1. The molecule has 0 saturated carbocycles. The number of rotatable bonds is 3. The molecule has 2 aromatic rings. The molecule has 0 spiro atoms. The van der Waals surface area contributed by atoms with Crippen LogP contribution in [0.3, 0.4) is 0 Å². The lowest BCUT2D eigenvalue weighted by Gasteiger charge is -2.30. The van der Waals surface area contributed by atoms with Gasteiger partial charge in [-0.05, 0) is 18.6 Å². The van der Waals surface area contributed by atoms with Gasteiger partial charge in [-0.3, -0.25) is 9.69 Å². The van der Waals surface area contributed by atoms with Crippen molar-refractivity contribution in [3.8, 4) is 5.75 Å². The van der Waals surface area contributed by atoms with Crippen molar-refractivity contribution >= 4 is 23.4 Å². The second kappa shape index (κ2) is 5.59. The average Bonchev–Trinajstić information content (AvgIpc) is 3.12. The van der Waals surface area contributed by atoms with Crippen LogP contribution in [-0.4, -0.2) is 48.7 Å². The molecule has 4 rings (SSSR count). The van der Waals surface area contributed by atoms with Gasteiger partial charge in [-0.1, -0.05) is 12.1 Å². The summed E-state index contributed by atoms with van der Waals surface area (Å²) < 4.78 is 10.5. The van der Waals surface area contributed by atoms with Crippen molar-refractivity contribution in [1.29, 1.82) is 0 Å². The Morgan fingerprint density at radius 3 is 2.75 bits per heavy atom. The predicted molar refractivity (Wildman–Crippen MR) is 86.7 cm³/mol. The minimum Gasteiger partial charge on any atom is -0.469 e. The van der Waals surface area contributed by atoms with Gasteiger partial charge in [-0.25, -0.2) is 4.79 Å². The molecule has 2 aliphatic rings. The van der Waals surface area contributed by atoms with Crippen molar-refractivity contribution in [3.05, 3.63) is 41.6 Å². The molecule has 0 bridgehead atoms. The number of likely N-dealkylation sites (tertiary alicyclic amines) is 1. The van der Waals surface area contributed by atoms with Gasteiger partial charge in [0.15, 0.2) is 18.3 Å². The summed E-state index contributed by atoms with van der Waals surface area (Å²) in [5, 5.41) is 0. The first kappa shape index (κ1) is 14.6. The Morgan fingerprint density at radius 2 is 2.04 bits per heavy atom. The summed E-state index contributed by atoms with van der Waals surface area (Å²) in [5.41, 5.74) is 1.62. The van der Waals surface area contributed by atoms with E-state index in [4.69, 9.17) is 9.47 Å². The number of methoxy groups -OCH3 is 1. The molecular formula is C17H17N3O4. The second-order valence-corrected chi connectivity index (χ2v) is 5.75. The largest absolute Gasteiger partial charge is 0.469 e. The zero-order valence-corrected chi connectivity index (χ0v) is 13.2. The number of amides is 1. The van der Waals surface area contributed by atoms with Gasteiger partial charge < -0.3 is 19.4 Å². The summed E-state index contributed by atoms with van der Waals surface area (Å²) in [6, 6.07) is 8.86. The number of carbonyl (C=O) groups is 2. The standard InChI is InChI=1S/C17H17N3O4/c1-23-17(22)11-5-2-3-6-13(11)20-10-24-14-9-12(18-15(14)20)16(21)19-7-4-8-19/h2-3,5-6,9,18H,4,7-8,10H2,1H3. The van der Waals surface area contributed by atoms with Crippen molar-refractivity contribution in [2.24, 2.45) is 0 Å². The summed E-state index contributed by atoms with van der Waals surface area (Å²) in [7, 11) is 1.35. The molecule has 1 fully saturated rings. The molecule has 3 heterocycles. The van der Waals surface area contributed by atoms with Crippen LogP contribution in [0, 0.1) is 0 Å². The SMILES string of the molecule is COC(=O)c1ccccc1N1COc2cc(C(=O)N3CCC3)[nH]c21. The maximum Gasteiger partial charge on any atom is 0.339 e. The van der Waals surface area contributed by atoms with E-state index in [9.17, 15) is 9.59 Å². The monoisotopic (exact) mass is 327 g/mol. The van der Waals surface area contributed by atoms with E-state index < -0.39 is 5.97 Å². The molecule has 7 nitrogen and oxygen atoms in total. The number of nitrogens with one attached hydrogen (secondary N) is 1. The number of hydrogen-bond acceptors (Lipinski definition) is 5. The third-order valence-electron chi connectivity index (χ3n) is 4.35. The number of carbonyl (C=O) groups excluding carboxylic acids is 2. The predicted octanol–water partition coefficient (Wildman–Crippen LogP) is 2.14. The van der Waals surface area contributed by atoms with Gasteiger partial charge >= 0.3 is 5.97 Å². The highest BCUT2D eigenvalue weighted by molar-refractivity contribution is 5.98. The summed E-state index contributed by atoms with van der Waals surface area (Å²) >= 11 is 0. The molecule has 1 amide bonds. The van der Waals surface area contributed by atoms with Gasteiger partial charge in [-0.2, -0.15) is 0 Å². The highest BCUT2D eigenvalue weighted by atomic mass is 16.5. The zero-order chi connectivity index (χ0) is 16.7. The van der Waals surface area contributed by atoms with Gasteiger partial charge in [0.1, 0.15) is 5.69 Å². The number of aromatic amines is 1. The van der Waals surface area contributed by atoms with Gasteiger partial charge in [0.05, 0.1) is 18.4 Å². The van der Waals surface area contributed by atoms with E-state index in [1.807, 2.05) is 17.0 Å². The normalized spacial score (nSPS) is 15.5. The Morgan fingerprint density at radius 1 is 1.25 bits per heavy atom. The van der Waals surface area contributed by atoms with E-state index in [2.05, 4.69) is 4.98 Å². The van der Waals surface area contributed by atoms with Crippen molar-refractivity contribution in [2.75, 3.05) is 31.8 Å². The van der Waals surface area contributed by atoms with E-state index in [1.54, 1.807) is 23.1 Å². The number of anilines is 2. The summed E-state index contributed by atoms with van der Waals surface area (Å²) in [6.07, 6.45) is 1.04. The molecule has 24 heavy (non-hydrogen) atoms. The number of ether oxygens (including phenoxy) is 2. The van der Waals surface area contributed by atoms with Crippen LogP contribution in [-0.2, 0) is 4.74 Å². The smallest absolute Gasteiger partial charge is 0.339 e. The fourth-order valence-electron chi connectivity index (χ4n) is 2.92. The molecule has 0 unspecified atom stereocenters. The molecular weight excluding hydrogens is 310 g/mol. The third-order valence-corrected chi connectivity index (χ3v) is 4.35. The first-order valence-electron chi connectivity index (χ1n) is 7.79. The molecule has 1 saturated heterocycles. The molecule has 0 aliphatic carbocycles. The zero-order valence-electron chi connectivity index (χ0n) is 13.2. The Labute approximate surface area is 138 Å². The number of hydrogen-bond donors (Lipinski definition) is 1. The maximum absolute atomic E-state index is 12.3. The van der Waals surface area contributed by atoms with Crippen molar-refractivity contribution < 1.29 is 19.1 Å². The van der Waals surface area contributed by atoms with Crippen LogP contribution in [0.15, 0.2) is 30.3 Å².